The zero-order chi connectivity index (χ0) is 37.5. The summed E-state index contributed by atoms with van der Waals surface area (Å²) in [5.74, 6) is 1.93. The predicted octanol–water partition coefficient (Wildman–Crippen LogP) is 14.2. The van der Waals surface area contributed by atoms with E-state index in [1.165, 1.54) is 30.3 Å². The Morgan fingerprint density at radius 3 is 1.84 bits per heavy atom. The summed E-state index contributed by atoms with van der Waals surface area (Å²) in [6, 6.07) is 59.2. The maximum Gasteiger partial charge on any atom is 0.164 e. The molecule has 266 valence electrons. The lowest BCUT2D eigenvalue weighted by Gasteiger charge is -2.12. The van der Waals surface area contributed by atoms with Crippen LogP contribution in [0.25, 0.3) is 119 Å². The first-order chi connectivity index (χ1) is 28.2. The van der Waals surface area contributed by atoms with E-state index in [9.17, 15) is 0 Å². The van der Waals surface area contributed by atoms with Crippen LogP contribution in [0.1, 0.15) is 0 Å². The van der Waals surface area contributed by atoms with E-state index in [1.807, 2.05) is 84.1 Å². The molecule has 4 aromatic heterocycles. The third-order valence-electron chi connectivity index (χ3n) is 10.7. The summed E-state index contributed by atoms with van der Waals surface area (Å²) in [7, 11) is 0. The second-order valence-electron chi connectivity index (χ2n) is 14.2. The van der Waals surface area contributed by atoms with Gasteiger partial charge in [0.2, 0.25) is 0 Å². The molecule has 0 aliphatic heterocycles. The molecular weight excluding hydrogens is 737 g/mol. The summed E-state index contributed by atoms with van der Waals surface area (Å²) in [6.07, 6.45) is 0. The monoisotopic (exact) mass is 764 g/mol. The summed E-state index contributed by atoms with van der Waals surface area (Å²) in [6.45, 7) is 0. The predicted molar refractivity (Wildman–Crippen MR) is 238 cm³/mol. The molecule has 0 spiro atoms. The summed E-state index contributed by atoms with van der Waals surface area (Å²) < 4.78 is 9.82. The largest absolute Gasteiger partial charge is 0.456 e. The number of thiophene rings is 1. The molecule has 8 aromatic carbocycles. The van der Waals surface area contributed by atoms with E-state index >= 15 is 0 Å². The fourth-order valence-corrected chi connectivity index (χ4v) is 10.4. The van der Waals surface area contributed by atoms with Crippen molar-refractivity contribution < 1.29 is 4.42 Å². The number of nitrogens with zero attached hydrogens (tertiary/aromatic N) is 4. The minimum Gasteiger partial charge on any atom is -0.456 e. The highest BCUT2D eigenvalue weighted by Gasteiger charge is 2.18. The highest BCUT2D eigenvalue weighted by molar-refractivity contribution is 7.28. The van der Waals surface area contributed by atoms with E-state index in [1.54, 1.807) is 11.3 Å². The first kappa shape index (κ1) is 32.2. The van der Waals surface area contributed by atoms with Crippen molar-refractivity contribution >= 4 is 85.8 Å². The molecule has 0 atom stereocenters. The van der Waals surface area contributed by atoms with Gasteiger partial charge in [0.05, 0.1) is 10.2 Å². The van der Waals surface area contributed by atoms with Crippen LogP contribution in [-0.2, 0) is 0 Å². The van der Waals surface area contributed by atoms with Gasteiger partial charge in [-0.05, 0) is 76.5 Å². The summed E-state index contributed by atoms with van der Waals surface area (Å²) >= 11 is 3.60. The number of hydrogen-bond donors (Lipinski definition) is 0. The van der Waals surface area contributed by atoms with Crippen LogP contribution in [0.15, 0.2) is 174 Å². The molecule has 0 saturated carbocycles. The SMILES string of the molecule is c1ccc(-c2nc(-c3ccccc3)nc(-c3cc(-c4ccc5c(c4)sc4ccc6nc(-c7ccc8oc9ccccc9c8c7)sc6c45)c4ccccc4c3)n2)cc1. The molecule has 12 aromatic rings. The zero-order valence-electron chi connectivity index (χ0n) is 30.2. The standard InChI is InChI=1S/C50H28N4OS2/c1-3-11-29(12-4-1)47-52-48(30-13-5-2-6-14-30)54-49(53-47)34-25-31-15-7-8-16-35(31)38(27-34)32-19-21-37-44(28-32)56-43-24-22-40-46(45(37)43)57-50(51-40)33-20-23-42-39(26-33)36-17-9-10-18-41(36)55-42/h1-28H. The van der Waals surface area contributed by atoms with E-state index in [2.05, 4.69) is 97.1 Å². The van der Waals surface area contributed by atoms with Gasteiger partial charge in [-0.1, -0.05) is 115 Å². The molecule has 0 unspecified atom stereocenters. The normalized spacial score (nSPS) is 11.9. The highest BCUT2D eigenvalue weighted by Crippen LogP contribution is 2.45. The molecule has 0 saturated heterocycles. The number of para-hydroxylation sites is 1. The van der Waals surface area contributed by atoms with Gasteiger partial charge in [0.25, 0.3) is 0 Å². The van der Waals surface area contributed by atoms with Crippen molar-refractivity contribution in [3.05, 3.63) is 170 Å². The lowest BCUT2D eigenvalue weighted by atomic mass is 9.94. The van der Waals surface area contributed by atoms with Crippen LogP contribution in [0.2, 0.25) is 0 Å². The maximum absolute atomic E-state index is 6.11. The van der Waals surface area contributed by atoms with E-state index in [-0.39, 0.29) is 0 Å². The minimum absolute atomic E-state index is 0.640. The Bertz CT molecular complexity index is 3470. The van der Waals surface area contributed by atoms with Crippen LogP contribution in [0.4, 0.5) is 0 Å². The van der Waals surface area contributed by atoms with Gasteiger partial charge in [-0.3, -0.25) is 0 Å². The van der Waals surface area contributed by atoms with Gasteiger partial charge >= 0.3 is 0 Å². The Labute approximate surface area is 334 Å². The number of hydrogen-bond acceptors (Lipinski definition) is 7. The van der Waals surface area contributed by atoms with Crippen molar-refractivity contribution in [2.75, 3.05) is 0 Å². The lowest BCUT2D eigenvalue weighted by Crippen LogP contribution is -2.00. The van der Waals surface area contributed by atoms with Gasteiger partial charge in [0.1, 0.15) is 16.2 Å². The second kappa shape index (κ2) is 12.7. The number of fused-ring (bicyclic) bond motifs is 9. The molecule has 12 rings (SSSR count). The van der Waals surface area contributed by atoms with Gasteiger partial charge < -0.3 is 4.42 Å². The summed E-state index contributed by atoms with van der Waals surface area (Å²) in [4.78, 5) is 20.2. The molecule has 0 amide bonds. The van der Waals surface area contributed by atoms with Crippen molar-refractivity contribution in [1.82, 2.24) is 19.9 Å². The molecule has 0 N–H and O–H groups in total. The number of benzene rings is 8. The fourth-order valence-electron chi connectivity index (χ4n) is 8.01. The summed E-state index contributed by atoms with van der Waals surface area (Å²) in [5, 5.41) is 8.06. The molecule has 0 aliphatic rings. The van der Waals surface area contributed by atoms with Crippen molar-refractivity contribution in [3.63, 3.8) is 0 Å². The summed E-state index contributed by atoms with van der Waals surface area (Å²) in [5.41, 5.74) is 9.04. The van der Waals surface area contributed by atoms with Crippen molar-refractivity contribution in [2.45, 2.75) is 0 Å². The molecule has 5 nitrogen and oxygen atoms in total. The van der Waals surface area contributed by atoms with Crippen molar-refractivity contribution in [3.8, 4) is 55.9 Å². The van der Waals surface area contributed by atoms with Gasteiger partial charge in [-0.25, -0.2) is 19.9 Å². The minimum atomic E-state index is 0.640. The lowest BCUT2D eigenvalue weighted by molar-refractivity contribution is 0.669. The average molecular weight is 765 g/mol. The second-order valence-corrected chi connectivity index (χ2v) is 16.3. The van der Waals surface area contributed by atoms with Crippen LogP contribution < -0.4 is 0 Å². The van der Waals surface area contributed by atoms with Gasteiger partial charge in [0.15, 0.2) is 17.5 Å². The quantitative estimate of drug-likeness (QED) is 0.175. The third-order valence-corrected chi connectivity index (χ3v) is 13.0. The Hall–Kier alpha value is -7.06. The number of thiazole rings is 1. The van der Waals surface area contributed by atoms with Crippen LogP contribution in [-0.4, -0.2) is 19.9 Å². The molecular formula is C50H28N4OS2. The molecule has 0 bridgehead atoms. The van der Waals surface area contributed by atoms with Crippen LogP contribution in [0, 0.1) is 0 Å². The Balaban J connectivity index is 0.995. The van der Waals surface area contributed by atoms with Gasteiger partial charge in [0, 0.05) is 53.2 Å². The van der Waals surface area contributed by atoms with E-state index < -0.39 is 0 Å². The van der Waals surface area contributed by atoms with E-state index in [0.29, 0.717) is 17.5 Å². The fraction of sp³-hybridized carbons (Fsp3) is 0. The Morgan fingerprint density at radius 2 is 1.05 bits per heavy atom. The third kappa shape index (κ3) is 5.35. The molecule has 0 radical (unpaired) electrons. The van der Waals surface area contributed by atoms with Crippen molar-refractivity contribution in [2.24, 2.45) is 0 Å². The van der Waals surface area contributed by atoms with Crippen molar-refractivity contribution in [1.29, 1.82) is 0 Å². The van der Waals surface area contributed by atoms with E-state index in [4.69, 9.17) is 24.4 Å². The molecule has 0 aliphatic carbocycles. The average Bonchev–Trinajstić information content (AvgIpc) is 3.99. The number of rotatable bonds is 5. The van der Waals surface area contributed by atoms with Crippen LogP contribution in [0.3, 0.4) is 0 Å². The molecule has 0 fully saturated rings. The smallest absolute Gasteiger partial charge is 0.164 e. The van der Waals surface area contributed by atoms with Gasteiger partial charge in [-0.2, -0.15) is 0 Å². The number of furan rings is 1. The Kier molecular flexibility index (Phi) is 7.20. The maximum atomic E-state index is 6.11. The van der Waals surface area contributed by atoms with Crippen LogP contribution >= 0.6 is 22.7 Å². The molecule has 57 heavy (non-hydrogen) atoms. The highest BCUT2D eigenvalue weighted by atomic mass is 32.1. The van der Waals surface area contributed by atoms with Crippen LogP contribution in [0.5, 0.6) is 0 Å². The zero-order valence-corrected chi connectivity index (χ0v) is 31.8. The Morgan fingerprint density at radius 1 is 0.386 bits per heavy atom. The molecule has 7 heteroatoms. The van der Waals surface area contributed by atoms with E-state index in [0.717, 1.165) is 71.2 Å². The topological polar surface area (TPSA) is 64.7 Å². The molecule has 4 heterocycles. The first-order valence-electron chi connectivity index (χ1n) is 18.8. The number of aromatic nitrogens is 4. The van der Waals surface area contributed by atoms with Gasteiger partial charge in [-0.15, -0.1) is 22.7 Å². The first-order valence-corrected chi connectivity index (χ1v) is 20.4.